The summed E-state index contributed by atoms with van der Waals surface area (Å²) < 4.78 is 10.4. The maximum atomic E-state index is 11.7. The lowest BCUT2D eigenvalue weighted by Crippen LogP contribution is -2.15. The molecule has 2 rings (SSSR count). The molecule has 0 fully saturated rings. The molecule has 0 spiro atoms. The van der Waals surface area contributed by atoms with Crippen LogP contribution in [0.15, 0.2) is 24.4 Å². The molecule has 1 heterocycles. The highest BCUT2D eigenvalue weighted by Gasteiger charge is 2.23. The van der Waals surface area contributed by atoms with E-state index >= 15 is 0 Å². The molecule has 0 bridgehead atoms. The average molecular weight is 357 g/mol. The van der Waals surface area contributed by atoms with Gasteiger partial charge in [0.1, 0.15) is 16.7 Å². The number of carboxylic acid groups (broad SMARTS) is 1. The molecule has 0 aliphatic carbocycles. The molecule has 0 radical (unpaired) electrons. The SMILES string of the molecule is COc1cc(OC)cc(C(Cc2cnc(Cl)nc2Cl)C(=O)O)c1. The summed E-state index contributed by atoms with van der Waals surface area (Å²) in [5.41, 5.74) is 1.02. The molecule has 1 unspecified atom stereocenters. The van der Waals surface area contributed by atoms with Crippen LogP contribution in [0, 0.1) is 0 Å². The second-order valence-electron chi connectivity index (χ2n) is 4.70. The first-order chi connectivity index (χ1) is 10.9. The number of aliphatic carboxylic acids is 1. The number of hydrogen-bond acceptors (Lipinski definition) is 5. The third kappa shape index (κ3) is 4.24. The van der Waals surface area contributed by atoms with Crippen LogP contribution >= 0.6 is 23.2 Å². The van der Waals surface area contributed by atoms with E-state index in [9.17, 15) is 9.90 Å². The van der Waals surface area contributed by atoms with Crippen molar-refractivity contribution < 1.29 is 19.4 Å². The molecular formula is C15H14Cl2N2O4. The number of carbonyl (C=O) groups is 1. The fourth-order valence-corrected chi connectivity index (χ4v) is 2.48. The third-order valence-corrected chi connectivity index (χ3v) is 3.79. The van der Waals surface area contributed by atoms with Gasteiger partial charge in [-0.2, -0.15) is 0 Å². The first kappa shape index (κ1) is 17.3. The predicted octanol–water partition coefficient (Wildman–Crippen LogP) is 3.21. The summed E-state index contributed by atoms with van der Waals surface area (Å²) >= 11 is 11.7. The quantitative estimate of drug-likeness (QED) is 0.632. The second kappa shape index (κ2) is 7.48. The van der Waals surface area contributed by atoms with Gasteiger partial charge in [-0.1, -0.05) is 11.6 Å². The number of methoxy groups -OCH3 is 2. The predicted molar refractivity (Wildman–Crippen MR) is 85.7 cm³/mol. The number of benzene rings is 1. The van der Waals surface area contributed by atoms with Crippen LogP contribution in [-0.2, 0) is 11.2 Å². The molecule has 0 amide bonds. The first-order valence-corrected chi connectivity index (χ1v) is 7.33. The molecule has 2 aromatic rings. The van der Waals surface area contributed by atoms with Crippen molar-refractivity contribution in [2.45, 2.75) is 12.3 Å². The van der Waals surface area contributed by atoms with Crippen LogP contribution in [-0.4, -0.2) is 35.3 Å². The molecule has 0 saturated heterocycles. The van der Waals surface area contributed by atoms with E-state index in [0.29, 0.717) is 22.6 Å². The van der Waals surface area contributed by atoms with E-state index in [0.717, 1.165) is 0 Å². The van der Waals surface area contributed by atoms with Gasteiger partial charge < -0.3 is 14.6 Å². The number of aromatic nitrogens is 2. The molecule has 0 aliphatic heterocycles. The zero-order valence-electron chi connectivity index (χ0n) is 12.4. The van der Waals surface area contributed by atoms with Crippen molar-refractivity contribution in [2.75, 3.05) is 14.2 Å². The fourth-order valence-electron chi connectivity index (χ4n) is 2.10. The van der Waals surface area contributed by atoms with Crippen LogP contribution in [0.4, 0.5) is 0 Å². The minimum absolute atomic E-state index is 0.00803. The number of halogens is 2. The highest BCUT2D eigenvalue weighted by Crippen LogP contribution is 2.31. The van der Waals surface area contributed by atoms with E-state index in [2.05, 4.69) is 9.97 Å². The maximum Gasteiger partial charge on any atom is 0.311 e. The Morgan fingerprint density at radius 1 is 1.22 bits per heavy atom. The Morgan fingerprint density at radius 3 is 2.30 bits per heavy atom. The number of carboxylic acids is 1. The monoisotopic (exact) mass is 356 g/mol. The van der Waals surface area contributed by atoms with Gasteiger partial charge in [-0.3, -0.25) is 4.79 Å². The van der Waals surface area contributed by atoms with Crippen LogP contribution in [0.2, 0.25) is 10.4 Å². The molecule has 8 heteroatoms. The second-order valence-corrected chi connectivity index (χ2v) is 5.39. The summed E-state index contributed by atoms with van der Waals surface area (Å²) in [6.07, 6.45) is 1.53. The van der Waals surface area contributed by atoms with Crippen LogP contribution in [0.1, 0.15) is 17.0 Å². The first-order valence-electron chi connectivity index (χ1n) is 6.57. The van der Waals surface area contributed by atoms with Gasteiger partial charge >= 0.3 is 5.97 Å². The number of nitrogens with zero attached hydrogens (tertiary/aromatic N) is 2. The lowest BCUT2D eigenvalue weighted by molar-refractivity contribution is -0.138. The van der Waals surface area contributed by atoms with E-state index in [1.54, 1.807) is 18.2 Å². The van der Waals surface area contributed by atoms with Gasteiger partial charge in [0.05, 0.1) is 20.1 Å². The van der Waals surface area contributed by atoms with Crippen molar-refractivity contribution in [3.8, 4) is 11.5 Å². The van der Waals surface area contributed by atoms with Crippen molar-refractivity contribution in [3.05, 3.63) is 46.0 Å². The van der Waals surface area contributed by atoms with Crippen molar-refractivity contribution in [3.63, 3.8) is 0 Å². The lowest BCUT2D eigenvalue weighted by atomic mass is 9.92. The summed E-state index contributed by atoms with van der Waals surface area (Å²) in [5.74, 6) is -0.860. The Kier molecular flexibility index (Phi) is 5.63. The Morgan fingerprint density at radius 2 is 1.83 bits per heavy atom. The van der Waals surface area contributed by atoms with Gasteiger partial charge in [0.15, 0.2) is 0 Å². The zero-order chi connectivity index (χ0) is 17.0. The molecule has 1 aromatic carbocycles. The summed E-state index contributed by atoms with van der Waals surface area (Å²) in [4.78, 5) is 19.4. The largest absolute Gasteiger partial charge is 0.497 e. The number of hydrogen-bond donors (Lipinski definition) is 1. The van der Waals surface area contributed by atoms with Crippen molar-refractivity contribution in [2.24, 2.45) is 0 Å². The van der Waals surface area contributed by atoms with Gasteiger partial charge in [-0.25, -0.2) is 9.97 Å². The van der Waals surface area contributed by atoms with E-state index in [4.69, 9.17) is 32.7 Å². The van der Waals surface area contributed by atoms with Crippen LogP contribution < -0.4 is 9.47 Å². The number of ether oxygens (including phenoxy) is 2. The van der Waals surface area contributed by atoms with Crippen LogP contribution in [0.5, 0.6) is 11.5 Å². The third-order valence-electron chi connectivity index (χ3n) is 3.28. The Labute approximate surface area is 143 Å². The van der Waals surface area contributed by atoms with E-state index in [-0.39, 0.29) is 16.9 Å². The normalized spacial score (nSPS) is 11.8. The Bertz CT molecular complexity index is 702. The lowest BCUT2D eigenvalue weighted by Gasteiger charge is -2.15. The highest BCUT2D eigenvalue weighted by atomic mass is 35.5. The molecule has 0 aliphatic rings. The van der Waals surface area contributed by atoms with Crippen LogP contribution in [0.3, 0.4) is 0 Å². The average Bonchev–Trinajstić information content (AvgIpc) is 2.53. The summed E-state index contributed by atoms with van der Waals surface area (Å²) in [6.45, 7) is 0. The van der Waals surface area contributed by atoms with Crippen molar-refractivity contribution >= 4 is 29.2 Å². The molecule has 1 atom stereocenters. The van der Waals surface area contributed by atoms with Crippen molar-refractivity contribution in [1.82, 2.24) is 9.97 Å². The maximum absolute atomic E-state index is 11.7. The highest BCUT2D eigenvalue weighted by molar-refractivity contribution is 6.32. The van der Waals surface area contributed by atoms with E-state index in [1.165, 1.54) is 20.4 Å². The molecule has 0 saturated carbocycles. The molecule has 122 valence electrons. The minimum atomic E-state index is -1.01. The summed E-state index contributed by atoms with van der Waals surface area (Å²) in [7, 11) is 3.00. The summed E-state index contributed by atoms with van der Waals surface area (Å²) in [6, 6.07) is 4.96. The number of rotatable bonds is 6. The molecule has 1 N–H and O–H groups in total. The zero-order valence-corrected chi connectivity index (χ0v) is 13.9. The van der Waals surface area contributed by atoms with Gasteiger partial charge in [0.25, 0.3) is 0 Å². The molecule has 1 aromatic heterocycles. The van der Waals surface area contributed by atoms with Crippen molar-refractivity contribution in [1.29, 1.82) is 0 Å². The minimum Gasteiger partial charge on any atom is -0.497 e. The molecule has 23 heavy (non-hydrogen) atoms. The molecule has 6 nitrogen and oxygen atoms in total. The van der Waals surface area contributed by atoms with Gasteiger partial charge in [0, 0.05) is 17.8 Å². The fraction of sp³-hybridized carbons (Fsp3) is 0.267. The standard InChI is InChI=1S/C15H14Cl2N2O4/c1-22-10-3-8(4-11(6-10)23-2)12(14(20)21)5-9-7-18-15(17)19-13(9)16/h3-4,6-7,12H,5H2,1-2H3,(H,20,21). The van der Waals surface area contributed by atoms with Gasteiger partial charge in [-0.15, -0.1) is 0 Å². The van der Waals surface area contributed by atoms with Gasteiger partial charge in [0.2, 0.25) is 5.28 Å². The van der Waals surface area contributed by atoms with E-state index < -0.39 is 11.9 Å². The Balaban J connectivity index is 2.40. The van der Waals surface area contributed by atoms with Gasteiger partial charge in [-0.05, 0) is 35.7 Å². The Hall–Kier alpha value is -2.05. The summed E-state index contributed by atoms with van der Waals surface area (Å²) in [5, 5.41) is 9.71. The smallest absolute Gasteiger partial charge is 0.311 e. The van der Waals surface area contributed by atoms with E-state index in [1.807, 2.05) is 0 Å². The van der Waals surface area contributed by atoms with Crippen LogP contribution in [0.25, 0.3) is 0 Å². The topological polar surface area (TPSA) is 81.5 Å². The molecular weight excluding hydrogens is 343 g/mol.